The zero-order valence-electron chi connectivity index (χ0n) is 14.8. The minimum atomic E-state index is -4.27. The van der Waals surface area contributed by atoms with E-state index in [-0.39, 0.29) is 23.4 Å². The molecule has 0 aliphatic carbocycles. The lowest BCUT2D eigenvalue weighted by Crippen LogP contribution is -2.31. The molecule has 29 heavy (non-hydrogen) atoms. The van der Waals surface area contributed by atoms with Crippen LogP contribution in [0.2, 0.25) is 10.3 Å². The largest absolute Gasteiger partial charge is 0.289 e. The Balaban J connectivity index is 2.07. The van der Waals surface area contributed by atoms with E-state index in [1.54, 1.807) is 36.4 Å². The lowest BCUT2D eigenvalue weighted by Gasteiger charge is -2.21. The number of hydrogen-bond acceptors (Lipinski definition) is 6. The summed E-state index contributed by atoms with van der Waals surface area (Å²) in [6.45, 7) is -0.327. The Kier molecular flexibility index (Phi) is 6.43. The van der Waals surface area contributed by atoms with Crippen molar-refractivity contribution in [2.75, 3.05) is 0 Å². The lowest BCUT2D eigenvalue weighted by molar-refractivity contribution is -0.387. The molecule has 0 N–H and O–H groups in total. The molecule has 11 heteroatoms. The molecule has 0 atom stereocenters. The van der Waals surface area contributed by atoms with Gasteiger partial charge in [0.25, 0.3) is 15.7 Å². The molecule has 0 saturated carbocycles. The highest BCUT2D eigenvalue weighted by atomic mass is 35.5. The summed E-state index contributed by atoms with van der Waals surface area (Å²) in [5.41, 5.74) is 0.235. The molecular formula is C18H14Cl2N4O4S. The quantitative estimate of drug-likeness (QED) is 0.303. The second-order valence-corrected chi connectivity index (χ2v) is 8.58. The van der Waals surface area contributed by atoms with Gasteiger partial charge in [-0.15, -0.1) is 0 Å². The number of rotatable bonds is 7. The van der Waals surface area contributed by atoms with E-state index < -0.39 is 25.5 Å². The molecule has 2 heterocycles. The molecule has 0 radical (unpaired) electrons. The van der Waals surface area contributed by atoms with Gasteiger partial charge in [-0.25, -0.2) is 18.4 Å². The number of pyridine rings is 2. The summed E-state index contributed by atoms with van der Waals surface area (Å²) in [5.74, 6) is 0. The molecule has 0 aliphatic rings. The van der Waals surface area contributed by atoms with Crippen LogP contribution in [0.5, 0.6) is 0 Å². The molecule has 0 bridgehead atoms. The summed E-state index contributed by atoms with van der Waals surface area (Å²) in [4.78, 5) is 18.4. The van der Waals surface area contributed by atoms with Crippen molar-refractivity contribution in [3.8, 4) is 0 Å². The number of sulfonamides is 1. The zero-order chi connectivity index (χ0) is 21.0. The lowest BCUT2D eigenvalue weighted by atomic mass is 10.3. The summed E-state index contributed by atoms with van der Waals surface area (Å²) in [6, 6.07) is 14.8. The number of nitro groups is 1. The first kappa shape index (κ1) is 21.1. The summed E-state index contributed by atoms with van der Waals surface area (Å²) in [7, 11) is -4.27. The van der Waals surface area contributed by atoms with Crippen LogP contribution >= 0.6 is 23.2 Å². The molecule has 150 valence electrons. The number of nitrogens with zero attached hydrogens (tertiary/aromatic N) is 4. The second kappa shape index (κ2) is 8.83. The van der Waals surface area contributed by atoms with Gasteiger partial charge in [0.1, 0.15) is 10.3 Å². The van der Waals surface area contributed by atoms with E-state index >= 15 is 0 Å². The average Bonchev–Trinajstić information content (AvgIpc) is 2.67. The van der Waals surface area contributed by atoms with Crippen molar-refractivity contribution in [1.29, 1.82) is 0 Å². The fourth-order valence-corrected chi connectivity index (χ4v) is 4.53. The van der Waals surface area contributed by atoms with Crippen LogP contribution in [-0.2, 0) is 23.1 Å². The van der Waals surface area contributed by atoms with Crippen molar-refractivity contribution in [3.63, 3.8) is 0 Å². The highest BCUT2D eigenvalue weighted by molar-refractivity contribution is 7.89. The number of aromatic nitrogens is 2. The predicted octanol–water partition coefficient (Wildman–Crippen LogP) is 4.08. The number of benzene rings is 1. The van der Waals surface area contributed by atoms with E-state index in [0.717, 1.165) is 10.4 Å². The van der Waals surface area contributed by atoms with E-state index in [0.29, 0.717) is 11.4 Å². The van der Waals surface area contributed by atoms with Gasteiger partial charge in [0.05, 0.1) is 29.4 Å². The maximum Gasteiger partial charge on any atom is 0.289 e. The van der Waals surface area contributed by atoms with E-state index in [2.05, 4.69) is 9.97 Å². The van der Waals surface area contributed by atoms with Crippen molar-refractivity contribution in [2.45, 2.75) is 18.0 Å². The topological polar surface area (TPSA) is 106 Å². The summed E-state index contributed by atoms with van der Waals surface area (Å²) in [5, 5.41) is 11.8. The van der Waals surface area contributed by atoms with Crippen LogP contribution in [-0.4, -0.2) is 27.6 Å². The zero-order valence-corrected chi connectivity index (χ0v) is 17.1. The first-order valence-corrected chi connectivity index (χ1v) is 10.4. The molecule has 1 aromatic carbocycles. The third-order valence-corrected chi connectivity index (χ3v) is 6.16. The Bertz CT molecular complexity index is 1110. The van der Waals surface area contributed by atoms with E-state index in [1.807, 2.05) is 0 Å². The summed E-state index contributed by atoms with van der Waals surface area (Å²) >= 11 is 11.8. The van der Waals surface area contributed by atoms with Gasteiger partial charge in [0, 0.05) is 6.07 Å². The Morgan fingerprint density at radius 2 is 1.38 bits per heavy atom. The van der Waals surface area contributed by atoms with E-state index in [4.69, 9.17) is 23.2 Å². The number of para-hydroxylation sites is 1. The van der Waals surface area contributed by atoms with Gasteiger partial charge in [0.15, 0.2) is 4.90 Å². The van der Waals surface area contributed by atoms with Crippen LogP contribution in [0.4, 0.5) is 5.69 Å². The molecule has 0 unspecified atom stereocenters. The smallest absolute Gasteiger partial charge is 0.258 e. The Morgan fingerprint density at radius 3 is 1.86 bits per heavy atom. The second-order valence-electron chi connectivity index (χ2n) is 5.90. The monoisotopic (exact) mass is 452 g/mol. The third-order valence-electron chi connectivity index (χ3n) is 3.90. The summed E-state index contributed by atoms with van der Waals surface area (Å²) in [6.07, 6.45) is 0. The summed E-state index contributed by atoms with van der Waals surface area (Å²) < 4.78 is 27.7. The van der Waals surface area contributed by atoms with Crippen LogP contribution in [0.3, 0.4) is 0 Å². The molecule has 0 spiro atoms. The van der Waals surface area contributed by atoms with Crippen molar-refractivity contribution in [3.05, 3.63) is 92.5 Å². The molecule has 3 aromatic rings. The minimum absolute atomic E-state index is 0.164. The van der Waals surface area contributed by atoms with Gasteiger partial charge in [-0.1, -0.05) is 47.5 Å². The molecule has 8 nitrogen and oxygen atoms in total. The molecular weight excluding hydrogens is 439 g/mol. The van der Waals surface area contributed by atoms with Gasteiger partial charge in [-0.2, -0.15) is 4.31 Å². The predicted molar refractivity (Wildman–Crippen MR) is 108 cm³/mol. The van der Waals surface area contributed by atoms with Crippen LogP contribution < -0.4 is 0 Å². The van der Waals surface area contributed by atoms with Crippen molar-refractivity contribution in [2.24, 2.45) is 0 Å². The first-order chi connectivity index (χ1) is 13.8. The minimum Gasteiger partial charge on any atom is -0.258 e. The maximum absolute atomic E-state index is 13.3. The SMILES string of the molecule is O=[N+]([O-])c1ccccc1S(=O)(=O)N(Cc1cccc(Cl)n1)Cc1cccc(Cl)n1. The van der Waals surface area contributed by atoms with Crippen LogP contribution in [0, 0.1) is 10.1 Å². The van der Waals surface area contributed by atoms with Gasteiger partial charge >= 0.3 is 0 Å². The fourth-order valence-electron chi connectivity index (χ4n) is 2.63. The maximum atomic E-state index is 13.3. The number of hydrogen-bond donors (Lipinski definition) is 0. The Morgan fingerprint density at radius 1 is 0.862 bits per heavy atom. The van der Waals surface area contributed by atoms with Gasteiger partial charge < -0.3 is 0 Å². The van der Waals surface area contributed by atoms with Gasteiger partial charge in [-0.3, -0.25) is 10.1 Å². The standard InChI is InChI=1S/C18H14Cl2N4O4S/c19-17-9-3-5-13(21-17)11-23(12-14-6-4-10-18(20)22-14)29(27,28)16-8-2-1-7-15(16)24(25)26/h1-10H,11-12H2. The van der Waals surface area contributed by atoms with Gasteiger partial charge in [-0.05, 0) is 30.3 Å². The molecule has 0 saturated heterocycles. The van der Waals surface area contributed by atoms with Gasteiger partial charge in [0.2, 0.25) is 0 Å². The van der Waals surface area contributed by atoms with E-state index in [9.17, 15) is 18.5 Å². The highest BCUT2D eigenvalue weighted by Crippen LogP contribution is 2.28. The first-order valence-electron chi connectivity index (χ1n) is 8.24. The number of nitro benzene ring substituents is 1. The molecule has 3 rings (SSSR count). The highest BCUT2D eigenvalue weighted by Gasteiger charge is 2.32. The molecule has 0 aliphatic heterocycles. The Labute approximate surface area is 176 Å². The van der Waals surface area contributed by atoms with Crippen molar-refractivity contribution in [1.82, 2.24) is 14.3 Å². The molecule has 0 fully saturated rings. The van der Waals surface area contributed by atoms with E-state index in [1.165, 1.54) is 18.2 Å². The Hall–Kier alpha value is -2.59. The normalized spacial score (nSPS) is 11.6. The average molecular weight is 453 g/mol. The number of halogens is 2. The molecule has 2 aromatic heterocycles. The molecule has 0 amide bonds. The van der Waals surface area contributed by atoms with Crippen LogP contribution in [0.1, 0.15) is 11.4 Å². The van der Waals surface area contributed by atoms with Crippen LogP contribution in [0.25, 0.3) is 0 Å². The van der Waals surface area contributed by atoms with Crippen molar-refractivity contribution >= 4 is 38.9 Å². The van der Waals surface area contributed by atoms with Crippen molar-refractivity contribution < 1.29 is 13.3 Å². The third kappa shape index (κ3) is 5.07. The van der Waals surface area contributed by atoms with Crippen LogP contribution in [0.15, 0.2) is 65.6 Å². The fraction of sp³-hybridized carbons (Fsp3) is 0.111.